The van der Waals surface area contributed by atoms with E-state index in [0.717, 1.165) is 40.1 Å². The Morgan fingerprint density at radius 2 is 2.06 bits per heavy atom. The summed E-state index contributed by atoms with van der Waals surface area (Å²) in [4.78, 5) is 15.8. The zero-order valence-corrected chi connectivity index (χ0v) is 20.6. The third-order valence-corrected chi connectivity index (χ3v) is 6.42. The van der Waals surface area contributed by atoms with Gasteiger partial charge in [-0.25, -0.2) is 0 Å². The number of fused-ring (bicyclic) bond motifs is 2. The SMILES string of the molecule is CO/C(N)=C(/C=N)c1ccc2c(C(=O)C3COc4ccc(OC)cc4C3)cn(CCN(C)C)c2c1. The van der Waals surface area contributed by atoms with Gasteiger partial charge in [0.2, 0.25) is 0 Å². The Hall–Kier alpha value is -3.78. The summed E-state index contributed by atoms with van der Waals surface area (Å²) in [7, 11) is 7.14. The molecule has 0 amide bonds. The standard InChI is InChI=1S/C27H32N4O4/c1-30(2)9-10-31-15-23(21-7-5-17(13-24(21)31)22(14-28)27(29)34-4)26(32)19-11-18-12-20(33-3)6-8-25(18)35-16-19/h5-8,12-15,19,28H,9-11,16,29H2,1-4H3/b27-22-,28-14?. The first kappa shape index (κ1) is 24.3. The molecule has 35 heavy (non-hydrogen) atoms. The fraction of sp³-hybridized carbons (Fsp3) is 0.333. The van der Waals surface area contributed by atoms with Crippen molar-refractivity contribution < 1.29 is 19.0 Å². The number of hydrogen-bond donors (Lipinski definition) is 2. The lowest BCUT2D eigenvalue weighted by Crippen LogP contribution is -2.28. The predicted molar refractivity (Wildman–Crippen MR) is 137 cm³/mol. The van der Waals surface area contributed by atoms with E-state index in [-0.39, 0.29) is 17.6 Å². The van der Waals surface area contributed by atoms with Crippen molar-refractivity contribution >= 4 is 28.5 Å². The van der Waals surface area contributed by atoms with E-state index in [1.165, 1.54) is 13.3 Å². The third-order valence-electron chi connectivity index (χ3n) is 6.42. The molecular formula is C27H32N4O4. The lowest BCUT2D eigenvalue weighted by atomic mass is 9.89. The van der Waals surface area contributed by atoms with Crippen LogP contribution in [0.4, 0.5) is 0 Å². The smallest absolute Gasteiger partial charge is 0.193 e. The number of carbonyl (C=O) groups is 1. The van der Waals surface area contributed by atoms with Gasteiger partial charge >= 0.3 is 0 Å². The van der Waals surface area contributed by atoms with E-state index in [1.807, 2.05) is 56.7 Å². The molecule has 1 unspecified atom stereocenters. The highest BCUT2D eigenvalue weighted by atomic mass is 16.5. The highest BCUT2D eigenvalue weighted by molar-refractivity contribution is 6.12. The van der Waals surface area contributed by atoms with Crippen LogP contribution in [0.1, 0.15) is 21.5 Å². The molecule has 2 heterocycles. The Bertz CT molecular complexity index is 1290. The Labute approximate surface area is 205 Å². The number of benzene rings is 2. The normalized spacial score (nSPS) is 15.9. The van der Waals surface area contributed by atoms with Crippen LogP contribution in [-0.2, 0) is 17.7 Å². The molecule has 0 radical (unpaired) electrons. The quantitative estimate of drug-likeness (QED) is 0.278. The Morgan fingerprint density at radius 1 is 1.26 bits per heavy atom. The average molecular weight is 477 g/mol. The maximum atomic E-state index is 13.7. The molecule has 184 valence electrons. The number of nitrogens with zero attached hydrogens (tertiary/aromatic N) is 2. The van der Waals surface area contributed by atoms with Crippen LogP contribution in [0.3, 0.4) is 0 Å². The molecule has 3 N–H and O–H groups in total. The van der Waals surface area contributed by atoms with Crippen LogP contribution in [0.15, 0.2) is 48.5 Å². The van der Waals surface area contributed by atoms with Crippen molar-refractivity contribution in [2.24, 2.45) is 11.7 Å². The maximum absolute atomic E-state index is 13.7. The van der Waals surface area contributed by atoms with E-state index in [1.54, 1.807) is 7.11 Å². The van der Waals surface area contributed by atoms with Crippen molar-refractivity contribution in [1.82, 2.24) is 9.47 Å². The minimum atomic E-state index is -0.289. The monoisotopic (exact) mass is 476 g/mol. The summed E-state index contributed by atoms with van der Waals surface area (Å²) in [6.07, 6.45) is 3.72. The van der Waals surface area contributed by atoms with E-state index in [2.05, 4.69) is 9.47 Å². The molecule has 8 heteroatoms. The van der Waals surface area contributed by atoms with Gasteiger partial charge in [0.15, 0.2) is 11.7 Å². The topological polar surface area (TPSA) is 103 Å². The minimum Gasteiger partial charge on any atom is -0.497 e. The molecule has 1 atom stereocenters. The molecule has 4 rings (SSSR count). The van der Waals surface area contributed by atoms with Crippen molar-refractivity contribution in [3.63, 3.8) is 0 Å². The van der Waals surface area contributed by atoms with Crippen LogP contribution in [0, 0.1) is 11.3 Å². The van der Waals surface area contributed by atoms with E-state index < -0.39 is 0 Å². The Kier molecular flexibility index (Phi) is 7.12. The van der Waals surface area contributed by atoms with Gasteiger partial charge in [-0.2, -0.15) is 0 Å². The number of ketones is 1. The van der Waals surface area contributed by atoms with Crippen molar-refractivity contribution in [2.45, 2.75) is 13.0 Å². The number of allylic oxidation sites excluding steroid dienone is 1. The summed E-state index contributed by atoms with van der Waals surface area (Å²) in [5.74, 6) is 1.49. The second kappa shape index (κ2) is 10.2. The summed E-state index contributed by atoms with van der Waals surface area (Å²) in [6, 6.07) is 11.5. The molecule has 3 aromatic rings. The number of hydrogen-bond acceptors (Lipinski definition) is 7. The van der Waals surface area contributed by atoms with Gasteiger partial charge < -0.3 is 34.8 Å². The first-order chi connectivity index (χ1) is 16.9. The predicted octanol–water partition coefficient (Wildman–Crippen LogP) is 3.57. The first-order valence-electron chi connectivity index (χ1n) is 11.5. The largest absolute Gasteiger partial charge is 0.497 e. The summed E-state index contributed by atoms with van der Waals surface area (Å²) in [5, 5.41) is 8.66. The van der Waals surface area contributed by atoms with Gasteiger partial charge in [-0.1, -0.05) is 12.1 Å². The van der Waals surface area contributed by atoms with E-state index in [9.17, 15) is 4.79 Å². The molecule has 1 aromatic heterocycles. The summed E-state index contributed by atoms with van der Waals surface area (Å²) in [6.45, 7) is 1.87. The van der Waals surface area contributed by atoms with Gasteiger partial charge in [0.1, 0.15) is 11.5 Å². The zero-order valence-electron chi connectivity index (χ0n) is 20.6. The second-order valence-corrected chi connectivity index (χ2v) is 8.95. The van der Waals surface area contributed by atoms with Crippen LogP contribution >= 0.6 is 0 Å². The minimum absolute atomic E-state index is 0.0547. The Morgan fingerprint density at radius 3 is 2.74 bits per heavy atom. The summed E-state index contributed by atoms with van der Waals surface area (Å²) in [5.41, 5.74) is 9.78. The molecule has 1 aliphatic rings. The fourth-order valence-corrected chi connectivity index (χ4v) is 4.44. The second-order valence-electron chi connectivity index (χ2n) is 8.95. The zero-order chi connectivity index (χ0) is 25.1. The van der Waals surface area contributed by atoms with Gasteiger partial charge in [0.25, 0.3) is 0 Å². The van der Waals surface area contributed by atoms with Gasteiger partial charge in [-0.3, -0.25) is 4.79 Å². The number of methoxy groups -OCH3 is 2. The number of aromatic nitrogens is 1. The van der Waals surface area contributed by atoms with Crippen LogP contribution in [0.25, 0.3) is 16.5 Å². The first-order valence-corrected chi connectivity index (χ1v) is 11.5. The van der Waals surface area contributed by atoms with Gasteiger partial charge in [0.05, 0.1) is 32.3 Å². The highest BCUT2D eigenvalue weighted by Crippen LogP contribution is 2.34. The number of likely N-dealkylation sites (N-methyl/N-ethyl adjacent to an activating group) is 1. The third kappa shape index (κ3) is 4.88. The van der Waals surface area contributed by atoms with E-state index in [0.29, 0.717) is 30.7 Å². The molecule has 0 spiro atoms. The molecule has 0 aliphatic carbocycles. The number of ether oxygens (including phenoxy) is 3. The fourth-order valence-electron chi connectivity index (χ4n) is 4.44. The molecular weight excluding hydrogens is 444 g/mol. The van der Waals surface area contributed by atoms with Crippen molar-refractivity contribution in [3.8, 4) is 11.5 Å². The number of carbonyl (C=O) groups excluding carboxylic acids is 1. The average Bonchev–Trinajstić information content (AvgIpc) is 3.24. The van der Waals surface area contributed by atoms with Crippen molar-refractivity contribution in [2.75, 3.05) is 41.5 Å². The van der Waals surface area contributed by atoms with Crippen molar-refractivity contribution in [3.05, 3.63) is 65.2 Å². The molecule has 0 saturated heterocycles. The van der Waals surface area contributed by atoms with Crippen LogP contribution in [0.2, 0.25) is 0 Å². The van der Waals surface area contributed by atoms with Gasteiger partial charge in [-0.05, 0) is 55.9 Å². The number of rotatable bonds is 9. The summed E-state index contributed by atoms with van der Waals surface area (Å²) >= 11 is 0. The van der Waals surface area contributed by atoms with E-state index in [4.69, 9.17) is 25.4 Å². The lowest BCUT2D eigenvalue weighted by molar-refractivity contribution is 0.0856. The number of nitrogens with one attached hydrogen (secondary N) is 1. The maximum Gasteiger partial charge on any atom is 0.193 e. The van der Waals surface area contributed by atoms with Crippen LogP contribution < -0.4 is 15.2 Å². The van der Waals surface area contributed by atoms with Crippen LogP contribution in [0.5, 0.6) is 11.5 Å². The molecule has 2 aromatic carbocycles. The summed E-state index contributed by atoms with van der Waals surface area (Å²) < 4.78 is 18.5. The molecule has 1 aliphatic heterocycles. The Balaban J connectivity index is 1.74. The van der Waals surface area contributed by atoms with E-state index >= 15 is 0 Å². The molecule has 0 fully saturated rings. The van der Waals surface area contributed by atoms with Crippen molar-refractivity contribution in [1.29, 1.82) is 5.41 Å². The molecule has 0 bridgehead atoms. The number of Topliss-reactive ketones (excluding diaryl/α,β-unsaturated/α-hetero) is 1. The number of nitrogens with two attached hydrogens (primary N) is 1. The van der Waals surface area contributed by atoms with Gasteiger partial charge in [0, 0.05) is 42.0 Å². The lowest BCUT2D eigenvalue weighted by Gasteiger charge is -2.24. The van der Waals surface area contributed by atoms with Crippen LogP contribution in [-0.4, -0.2) is 62.9 Å². The molecule has 8 nitrogen and oxygen atoms in total. The molecule has 0 saturated carbocycles. The van der Waals surface area contributed by atoms with Gasteiger partial charge in [-0.15, -0.1) is 0 Å². The highest BCUT2D eigenvalue weighted by Gasteiger charge is 2.29.